The van der Waals surface area contributed by atoms with E-state index in [9.17, 15) is 9.59 Å². The molecule has 2 aromatic heterocycles. The minimum Gasteiger partial charge on any atom is -0.448 e. The number of hydrogen-bond acceptors (Lipinski definition) is 5. The van der Waals surface area contributed by atoms with Gasteiger partial charge in [-0.05, 0) is 37.1 Å². The van der Waals surface area contributed by atoms with E-state index in [1.807, 2.05) is 62.4 Å². The topological polar surface area (TPSA) is 77.1 Å². The number of nitrogens with one attached hydrogen (secondary N) is 1. The molecule has 0 spiro atoms. The van der Waals surface area contributed by atoms with Gasteiger partial charge in [0.05, 0.1) is 5.75 Å². The second-order valence-corrected chi connectivity index (χ2v) is 7.72. The third-order valence-corrected chi connectivity index (χ3v) is 5.62. The van der Waals surface area contributed by atoms with Crippen molar-refractivity contribution in [2.24, 2.45) is 0 Å². The minimum atomic E-state index is -0.213. The van der Waals surface area contributed by atoms with E-state index in [1.54, 1.807) is 4.57 Å². The molecule has 29 heavy (non-hydrogen) atoms. The van der Waals surface area contributed by atoms with Crippen LogP contribution in [0.4, 0.5) is 5.69 Å². The molecule has 148 valence electrons. The fourth-order valence-corrected chi connectivity index (χ4v) is 4.03. The van der Waals surface area contributed by atoms with Crippen LogP contribution in [0.5, 0.6) is 0 Å². The van der Waals surface area contributed by atoms with Crippen molar-refractivity contribution in [1.29, 1.82) is 0 Å². The van der Waals surface area contributed by atoms with Crippen molar-refractivity contribution in [1.82, 2.24) is 9.55 Å². The summed E-state index contributed by atoms with van der Waals surface area (Å²) in [6.45, 7) is 4.45. The molecule has 0 aliphatic carbocycles. The molecule has 1 amide bonds. The van der Waals surface area contributed by atoms with Gasteiger partial charge in [0.1, 0.15) is 11.1 Å². The maximum absolute atomic E-state index is 13.0. The minimum absolute atomic E-state index is 0.140. The van der Waals surface area contributed by atoms with E-state index in [0.29, 0.717) is 22.8 Å². The van der Waals surface area contributed by atoms with Gasteiger partial charge >= 0.3 is 0 Å². The Kier molecular flexibility index (Phi) is 5.40. The third kappa shape index (κ3) is 3.78. The molecule has 0 bridgehead atoms. The van der Waals surface area contributed by atoms with Gasteiger partial charge in [0.25, 0.3) is 5.56 Å². The Morgan fingerprint density at radius 1 is 1.17 bits per heavy atom. The number of fused-ring (bicyclic) bond motifs is 3. The zero-order valence-corrected chi connectivity index (χ0v) is 17.1. The first-order valence-corrected chi connectivity index (χ1v) is 10.5. The molecule has 2 aromatic carbocycles. The standard InChI is InChI=1S/C22H21N3O3S/c1-3-12-25-21(27)20-19(15-9-5-7-11-17(15)28-20)24-22(25)29-13-18(26)23-16-10-6-4-8-14(16)2/h4-11H,3,12-13H2,1-2H3,(H,23,26). The second kappa shape index (κ2) is 8.13. The van der Waals surface area contributed by atoms with Crippen molar-refractivity contribution in [3.63, 3.8) is 0 Å². The number of nitrogens with zero attached hydrogens (tertiary/aromatic N) is 2. The van der Waals surface area contributed by atoms with Gasteiger partial charge in [-0.2, -0.15) is 0 Å². The monoisotopic (exact) mass is 407 g/mol. The first-order chi connectivity index (χ1) is 14.1. The lowest BCUT2D eigenvalue weighted by Gasteiger charge is -2.11. The molecule has 0 unspecified atom stereocenters. The molecule has 0 atom stereocenters. The van der Waals surface area contributed by atoms with E-state index in [-0.39, 0.29) is 22.8 Å². The van der Waals surface area contributed by atoms with E-state index in [2.05, 4.69) is 5.32 Å². The van der Waals surface area contributed by atoms with Crippen molar-refractivity contribution >= 4 is 45.4 Å². The van der Waals surface area contributed by atoms with Gasteiger partial charge in [-0.3, -0.25) is 14.2 Å². The number of thioether (sulfide) groups is 1. The smallest absolute Gasteiger partial charge is 0.297 e. The number of anilines is 1. The van der Waals surface area contributed by atoms with Crippen LogP contribution in [-0.2, 0) is 11.3 Å². The predicted octanol–water partition coefficient (Wildman–Crippen LogP) is 4.59. The van der Waals surface area contributed by atoms with Gasteiger partial charge < -0.3 is 9.73 Å². The van der Waals surface area contributed by atoms with Gasteiger partial charge in [-0.15, -0.1) is 0 Å². The number of benzene rings is 2. The number of carbonyl (C=O) groups is 1. The normalized spacial score (nSPS) is 11.2. The fraction of sp³-hybridized carbons (Fsp3) is 0.227. The SMILES string of the molecule is CCCn1c(SCC(=O)Nc2ccccc2C)nc2c(oc3ccccc32)c1=O. The molecular formula is C22H21N3O3S. The number of aryl methyl sites for hydroxylation is 1. The van der Waals surface area contributed by atoms with Crippen molar-refractivity contribution in [2.75, 3.05) is 11.1 Å². The summed E-state index contributed by atoms with van der Waals surface area (Å²) in [5.41, 5.74) is 3.00. The Bertz CT molecular complexity index is 1260. The van der Waals surface area contributed by atoms with E-state index in [0.717, 1.165) is 23.1 Å². The molecule has 4 rings (SSSR count). The van der Waals surface area contributed by atoms with Crippen molar-refractivity contribution < 1.29 is 9.21 Å². The van der Waals surface area contributed by atoms with E-state index < -0.39 is 0 Å². The van der Waals surface area contributed by atoms with E-state index >= 15 is 0 Å². The molecule has 7 heteroatoms. The van der Waals surface area contributed by atoms with Crippen LogP contribution in [-0.4, -0.2) is 21.2 Å². The molecule has 0 fully saturated rings. The molecule has 4 aromatic rings. The van der Waals surface area contributed by atoms with Crippen LogP contribution in [0.25, 0.3) is 22.1 Å². The highest BCUT2D eigenvalue weighted by molar-refractivity contribution is 7.99. The summed E-state index contributed by atoms with van der Waals surface area (Å²) in [5, 5.41) is 4.24. The first kappa shape index (κ1) is 19.3. The Balaban J connectivity index is 1.66. The maximum Gasteiger partial charge on any atom is 0.297 e. The summed E-state index contributed by atoms with van der Waals surface area (Å²) in [4.78, 5) is 30.1. The number of carbonyl (C=O) groups excluding carboxylic acids is 1. The number of amides is 1. The fourth-order valence-electron chi connectivity index (χ4n) is 3.21. The van der Waals surface area contributed by atoms with Crippen LogP contribution >= 0.6 is 11.8 Å². The third-order valence-electron chi connectivity index (χ3n) is 4.65. The number of rotatable bonds is 6. The average molecular weight is 407 g/mol. The number of furan rings is 1. The lowest BCUT2D eigenvalue weighted by Crippen LogP contribution is -2.23. The van der Waals surface area contributed by atoms with Crippen LogP contribution in [0.2, 0.25) is 0 Å². The van der Waals surface area contributed by atoms with E-state index in [4.69, 9.17) is 9.40 Å². The van der Waals surface area contributed by atoms with Crippen molar-refractivity contribution in [3.05, 3.63) is 64.4 Å². The highest BCUT2D eigenvalue weighted by Crippen LogP contribution is 2.27. The molecule has 0 aliphatic heterocycles. The van der Waals surface area contributed by atoms with Crippen LogP contribution in [0.1, 0.15) is 18.9 Å². The number of aromatic nitrogens is 2. The molecule has 2 heterocycles. The van der Waals surface area contributed by atoms with Gasteiger partial charge in [0.15, 0.2) is 5.16 Å². The zero-order valence-electron chi connectivity index (χ0n) is 16.3. The molecule has 0 radical (unpaired) electrons. The lowest BCUT2D eigenvalue weighted by atomic mass is 10.2. The largest absolute Gasteiger partial charge is 0.448 e. The first-order valence-electron chi connectivity index (χ1n) is 9.49. The van der Waals surface area contributed by atoms with Gasteiger partial charge in [-0.1, -0.05) is 49.0 Å². The zero-order chi connectivity index (χ0) is 20.4. The Hall–Kier alpha value is -3.06. The summed E-state index contributed by atoms with van der Waals surface area (Å²) in [6, 6.07) is 15.1. The second-order valence-electron chi connectivity index (χ2n) is 6.78. The average Bonchev–Trinajstić information content (AvgIpc) is 3.09. The van der Waals surface area contributed by atoms with Crippen LogP contribution in [0, 0.1) is 6.92 Å². The molecular weight excluding hydrogens is 386 g/mol. The Morgan fingerprint density at radius 3 is 2.72 bits per heavy atom. The van der Waals surface area contributed by atoms with E-state index in [1.165, 1.54) is 11.8 Å². The molecule has 0 saturated carbocycles. The summed E-state index contributed by atoms with van der Waals surface area (Å²) in [6.07, 6.45) is 0.774. The van der Waals surface area contributed by atoms with Crippen LogP contribution in [0.15, 0.2) is 62.9 Å². The van der Waals surface area contributed by atoms with Crippen molar-refractivity contribution in [3.8, 4) is 0 Å². The summed E-state index contributed by atoms with van der Waals surface area (Å²) in [7, 11) is 0. The summed E-state index contributed by atoms with van der Waals surface area (Å²) in [5.74, 6) is 0.0185. The maximum atomic E-state index is 13.0. The Morgan fingerprint density at radius 2 is 1.93 bits per heavy atom. The van der Waals surface area contributed by atoms with Crippen molar-refractivity contribution in [2.45, 2.75) is 32.0 Å². The number of hydrogen-bond donors (Lipinski definition) is 1. The lowest BCUT2D eigenvalue weighted by molar-refractivity contribution is -0.113. The molecule has 0 aliphatic rings. The van der Waals surface area contributed by atoms with Gasteiger partial charge in [-0.25, -0.2) is 4.98 Å². The van der Waals surface area contributed by atoms with Crippen LogP contribution in [0.3, 0.4) is 0 Å². The quantitative estimate of drug-likeness (QED) is 0.374. The summed E-state index contributed by atoms with van der Waals surface area (Å²) >= 11 is 1.26. The van der Waals surface area contributed by atoms with Gasteiger partial charge in [0.2, 0.25) is 11.5 Å². The highest BCUT2D eigenvalue weighted by Gasteiger charge is 2.18. The highest BCUT2D eigenvalue weighted by atomic mass is 32.2. The molecule has 1 N–H and O–H groups in total. The van der Waals surface area contributed by atoms with Gasteiger partial charge in [0, 0.05) is 17.6 Å². The summed E-state index contributed by atoms with van der Waals surface area (Å²) < 4.78 is 7.35. The number of para-hydroxylation sites is 2. The Labute approximate surface area is 171 Å². The van der Waals surface area contributed by atoms with Crippen LogP contribution < -0.4 is 10.9 Å². The molecule has 6 nitrogen and oxygen atoms in total. The molecule has 0 saturated heterocycles. The predicted molar refractivity (Wildman–Crippen MR) is 117 cm³/mol.